The van der Waals surface area contributed by atoms with E-state index >= 15 is 0 Å². The van der Waals surface area contributed by atoms with Gasteiger partial charge in [-0.15, -0.1) is 0 Å². The Morgan fingerprint density at radius 1 is 0.257 bits per heavy atom. The van der Waals surface area contributed by atoms with E-state index in [2.05, 4.69) is 192 Å². The predicted molar refractivity (Wildman–Crippen MR) is 540 cm³/mol. The zero-order valence-corrected chi connectivity index (χ0v) is 101. The second-order valence-corrected chi connectivity index (χ2v) is 80.6. The third kappa shape index (κ3) is 124. The first kappa shape index (κ1) is 158. The van der Waals surface area contributed by atoms with Crippen LogP contribution in [0.5, 0.6) is 0 Å². The van der Waals surface area contributed by atoms with E-state index in [-0.39, 0.29) is 106 Å². The van der Waals surface area contributed by atoms with Crippen LogP contribution in [0.2, 0.25) is 0 Å². The summed E-state index contributed by atoms with van der Waals surface area (Å²) in [5.41, 5.74) is 15.7. The first-order chi connectivity index (χ1) is 45.7. The average molecular weight is 2490 g/mol. The summed E-state index contributed by atoms with van der Waals surface area (Å²) in [5, 5.41) is 0. The van der Waals surface area contributed by atoms with Crippen molar-refractivity contribution in [3.8, 4) is 0 Å². The molecule has 0 radical (unpaired) electrons. The van der Waals surface area contributed by atoms with Crippen molar-refractivity contribution in [2.24, 2.45) is 0 Å². The van der Waals surface area contributed by atoms with Gasteiger partial charge in [0.15, 0.2) is 0 Å². The molecule has 0 spiro atoms. The summed E-state index contributed by atoms with van der Waals surface area (Å²) in [6.07, 6.45) is 12.7. The third-order valence-electron chi connectivity index (χ3n) is 12.3. The quantitative estimate of drug-likeness (QED) is 0.0762. The van der Waals surface area contributed by atoms with Gasteiger partial charge in [-0.05, 0) is 166 Å². The third-order valence-corrected chi connectivity index (χ3v) is 40.1. The molecular formula is C84H156Cl14P4Ru7-6. The van der Waals surface area contributed by atoms with Crippen molar-refractivity contribution in [1.29, 1.82) is 0 Å². The standard InChI is InChI=1S/4C9H21P.3C8H6.C5H8.3C3H4.10CH3.14ClH.7Ru/c4*1-7(2)10(8(3)4)9(5)6;3*1-2-8-6-4-3-5-7-8;1-4-5(2)3;3*1-3-2;;;;;;;;;;;;;;;;;;;;;;;;;;;;;;;/h4*7-9H,1-6H3;3*2-7H;1,4H,2-3H3;3*3H,1H3;10*1H3;14*1H;;;;;;;/q;;;;;;;;;;;10*-1;;;;;;;;;;;;;;;7*+2/p-10. The molecule has 0 unspecified atom stereocenters. The van der Waals surface area contributed by atoms with Crippen molar-refractivity contribution in [3.63, 3.8) is 0 Å². The van der Waals surface area contributed by atoms with E-state index in [9.17, 15) is 0 Å². The molecule has 0 N–H and O–H groups in total. The molecule has 672 valence electrons. The Labute approximate surface area is 779 Å². The van der Waals surface area contributed by atoms with Gasteiger partial charge in [-0.25, -0.2) is 0 Å². The van der Waals surface area contributed by atoms with E-state index in [4.69, 9.17) is 136 Å². The minimum atomic E-state index is -1.74. The Hall–Kier alpha value is 5.31. The van der Waals surface area contributed by atoms with Crippen LogP contribution in [0.15, 0.2) is 121 Å². The predicted octanol–water partition coefficient (Wildman–Crippen LogP) is 35.6. The van der Waals surface area contributed by atoms with E-state index in [1.54, 1.807) is 18.2 Å². The van der Waals surface area contributed by atoms with Crippen LogP contribution < -0.4 is 0 Å². The minimum absolute atomic E-state index is 0. The number of benzene rings is 3. The molecule has 0 saturated heterocycles. The maximum atomic E-state index is 5.59. The van der Waals surface area contributed by atoms with Crippen molar-refractivity contribution in [1.82, 2.24) is 0 Å². The van der Waals surface area contributed by atoms with Gasteiger partial charge in [-0.2, -0.15) is 0 Å². The SMILES string of the molecule is CC(C)=C[CH]=[Ru]([Cl])[Cl].CC(C)[PH+](C(C)C)C(C)C.CC(C)[PH+](C(C)C)C(C)C.CC(C)[PH+](C(C)C)C(C)C.CC(C)[PH+](C(C)C)C(C)C.CC=[C]=[Ru]([Cl])[Cl].CC=[C]=[Ru]([Cl])[Cl].CC=[C]=[Ru]([Cl])[Cl].[CH3-].[CH3-].[CH3-].[CH3-].[CH3-].[CH3-].[CH3-].[CH3-].[CH3-].[CH3-].[Cl][Ru]([Cl])=[C]=Cc1ccccc1.[Cl][Ru]([Cl])=[C]=Cc1ccccc1.[Cl][Ru]([Cl])=[C]=Cc1ccccc1. The fraction of sp³-hybridized carbons (Fsp3) is 0.488. The van der Waals surface area contributed by atoms with E-state index in [1.165, 1.54) is 5.57 Å². The number of allylic oxidation sites excluding steroid dienone is 5. The zero-order valence-electron chi connectivity index (χ0n) is 74.0. The molecule has 0 heterocycles. The van der Waals surface area contributed by atoms with Crippen LogP contribution in [0.4, 0.5) is 0 Å². The Bertz CT molecular complexity index is 2510. The summed E-state index contributed by atoms with van der Waals surface area (Å²) in [6.45, 7) is 66.5. The van der Waals surface area contributed by atoms with Crippen LogP contribution in [-0.2, 0) is 94.6 Å². The van der Waals surface area contributed by atoms with Gasteiger partial charge in [-0.3, -0.25) is 0 Å². The normalized spacial score (nSPS) is 10.0. The fourth-order valence-corrected chi connectivity index (χ4v) is 34.3. The topological polar surface area (TPSA) is 0 Å². The molecule has 0 aliphatic carbocycles. The van der Waals surface area contributed by atoms with Crippen molar-refractivity contribution in [3.05, 3.63) is 212 Å². The van der Waals surface area contributed by atoms with Crippen molar-refractivity contribution < 1.29 is 94.6 Å². The van der Waals surface area contributed by atoms with Crippen LogP contribution in [0, 0.1) is 74.3 Å². The second kappa shape index (κ2) is 107. The number of halogens is 14. The van der Waals surface area contributed by atoms with Crippen LogP contribution in [0.25, 0.3) is 18.2 Å². The van der Waals surface area contributed by atoms with Crippen LogP contribution >= 0.6 is 167 Å². The number of hydrogen-bond donors (Lipinski definition) is 0. The Kier molecular flexibility index (Phi) is 156. The molecule has 0 aliphatic rings. The fourth-order valence-electron chi connectivity index (χ4n) is 10.3. The molecule has 25 heteroatoms. The van der Waals surface area contributed by atoms with Gasteiger partial charge < -0.3 is 74.3 Å². The molecule has 3 rings (SSSR count). The first-order valence-corrected chi connectivity index (χ1v) is 76.6. The molecule has 0 saturated carbocycles. The van der Waals surface area contributed by atoms with E-state index in [1.807, 2.05) is 155 Å². The van der Waals surface area contributed by atoms with Gasteiger partial charge in [0.2, 0.25) is 0 Å². The van der Waals surface area contributed by atoms with Gasteiger partial charge in [0.25, 0.3) is 0 Å². The summed E-state index contributed by atoms with van der Waals surface area (Å²) in [5.74, 6) is 0. The molecule has 0 bridgehead atoms. The van der Waals surface area contributed by atoms with Gasteiger partial charge in [0, 0.05) is 31.7 Å². The number of rotatable bonds is 16. The monoisotopic (exact) mass is 2490 g/mol. The first-order valence-electron chi connectivity index (χ1n) is 32.1. The molecular weight excluding hydrogens is 2340 g/mol. The van der Waals surface area contributed by atoms with Crippen molar-refractivity contribution in [2.75, 3.05) is 0 Å². The van der Waals surface area contributed by atoms with Gasteiger partial charge >= 0.3 is 451 Å². The summed E-state index contributed by atoms with van der Waals surface area (Å²) in [6, 6.07) is 29.6. The Morgan fingerprint density at radius 2 is 0.394 bits per heavy atom. The van der Waals surface area contributed by atoms with Gasteiger partial charge in [-0.1, -0.05) is 0 Å². The average Bonchev–Trinajstić information content (AvgIpc) is 0.929. The molecule has 0 aromatic heterocycles. The molecule has 109 heavy (non-hydrogen) atoms. The van der Waals surface area contributed by atoms with E-state index < -0.39 is 94.6 Å². The Morgan fingerprint density at radius 3 is 0.459 bits per heavy atom. The summed E-state index contributed by atoms with van der Waals surface area (Å²) < 4.78 is 18.9. The molecule has 0 amide bonds. The molecule has 3 aromatic carbocycles. The zero-order chi connectivity index (χ0) is 79.1. The molecule has 0 aliphatic heterocycles. The number of hydrogen-bond acceptors (Lipinski definition) is 0. The van der Waals surface area contributed by atoms with Crippen LogP contribution in [-0.4, -0.2) is 98.1 Å². The summed E-state index contributed by atoms with van der Waals surface area (Å²) >= 11 is -11.4. The Balaban J connectivity index is -0.0000000521. The van der Waals surface area contributed by atoms with Crippen LogP contribution in [0.1, 0.15) is 217 Å². The second-order valence-electron chi connectivity index (χ2n) is 24.7. The van der Waals surface area contributed by atoms with E-state index in [0.717, 1.165) is 84.6 Å². The summed E-state index contributed by atoms with van der Waals surface area (Å²) in [7, 11) is 76.3. The summed E-state index contributed by atoms with van der Waals surface area (Å²) in [4.78, 5) is 0. The van der Waals surface area contributed by atoms with E-state index in [0.29, 0.717) is 0 Å². The molecule has 3 aromatic rings. The molecule has 0 fully saturated rings. The van der Waals surface area contributed by atoms with Crippen molar-refractivity contribution >= 4 is 216 Å². The van der Waals surface area contributed by atoms with Crippen LogP contribution in [0.3, 0.4) is 0 Å². The van der Waals surface area contributed by atoms with Crippen molar-refractivity contribution in [2.45, 2.75) is 269 Å². The maximum absolute atomic E-state index is 5.59. The van der Waals surface area contributed by atoms with Gasteiger partial charge in [0.1, 0.15) is 0 Å². The molecule has 0 atom stereocenters. The molecule has 0 nitrogen and oxygen atoms in total. The van der Waals surface area contributed by atoms with Gasteiger partial charge in [0.05, 0.1) is 67.9 Å².